The van der Waals surface area contributed by atoms with Crippen molar-refractivity contribution in [3.63, 3.8) is 0 Å². The predicted octanol–water partition coefficient (Wildman–Crippen LogP) is 1.33. The molecule has 0 atom stereocenters. The smallest absolute Gasteiger partial charge is 0.322 e. The maximum Gasteiger partial charge on any atom is 0.322 e. The Labute approximate surface area is 147 Å². The Balaban J connectivity index is 1.71. The number of halogens is 1. The van der Waals surface area contributed by atoms with Gasteiger partial charge in [0.2, 0.25) is 5.91 Å². The molecule has 3 rings (SSSR count). The summed E-state index contributed by atoms with van der Waals surface area (Å²) in [5.74, 6) is -2.14. The zero-order valence-corrected chi connectivity index (χ0v) is 14.6. The Morgan fingerprint density at radius 3 is 2.58 bits per heavy atom. The summed E-state index contributed by atoms with van der Waals surface area (Å²) >= 11 is 0. The highest BCUT2D eigenvalue weighted by atomic mass is 32.2. The standard InChI is InChI=1S/C15H14FN5O4S/c1-9-7-12(21(2)20-9)14-18-19-15(25-14)17-13(22)8-26(23,24)11-5-3-10(16)4-6-11/h3-7H,8H2,1-2H3,(H,17,19,22). The van der Waals surface area contributed by atoms with Crippen molar-refractivity contribution in [2.45, 2.75) is 11.8 Å². The second-order valence-corrected chi connectivity index (χ2v) is 7.46. The van der Waals surface area contributed by atoms with Gasteiger partial charge >= 0.3 is 6.01 Å². The summed E-state index contributed by atoms with van der Waals surface area (Å²) < 4.78 is 44.0. The average molecular weight is 379 g/mol. The number of nitrogens with one attached hydrogen (secondary N) is 1. The number of anilines is 1. The first-order chi connectivity index (χ1) is 12.2. The molecular weight excluding hydrogens is 365 g/mol. The van der Waals surface area contributed by atoms with Crippen molar-refractivity contribution >= 4 is 21.8 Å². The molecule has 0 aliphatic heterocycles. The summed E-state index contributed by atoms with van der Waals surface area (Å²) in [6, 6.07) is 5.67. The molecule has 0 saturated carbocycles. The number of hydrogen-bond donors (Lipinski definition) is 1. The third kappa shape index (κ3) is 3.77. The molecule has 0 aliphatic rings. The first-order valence-electron chi connectivity index (χ1n) is 7.37. The van der Waals surface area contributed by atoms with Crippen molar-refractivity contribution < 1.29 is 22.0 Å². The molecule has 0 fully saturated rings. The molecule has 9 nitrogen and oxygen atoms in total. The van der Waals surface area contributed by atoms with E-state index in [-0.39, 0.29) is 16.8 Å². The number of carbonyl (C=O) groups excluding carboxylic acids is 1. The van der Waals surface area contributed by atoms with E-state index >= 15 is 0 Å². The minimum Gasteiger partial charge on any atom is -0.401 e. The lowest BCUT2D eigenvalue weighted by atomic mass is 10.4. The SMILES string of the molecule is Cc1cc(-c2nnc(NC(=O)CS(=O)(=O)c3ccc(F)cc3)o2)n(C)n1. The van der Waals surface area contributed by atoms with Gasteiger partial charge in [-0.2, -0.15) is 5.10 Å². The highest BCUT2D eigenvalue weighted by Gasteiger charge is 2.21. The summed E-state index contributed by atoms with van der Waals surface area (Å²) in [5.41, 5.74) is 1.30. The molecule has 0 bridgehead atoms. The van der Waals surface area contributed by atoms with Crippen LogP contribution in [0.3, 0.4) is 0 Å². The van der Waals surface area contributed by atoms with Gasteiger partial charge in [-0.15, -0.1) is 5.10 Å². The zero-order valence-electron chi connectivity index (χ0n) is 13.8. The van der Waals surface area contributed by atoms with Crippen LogP contribution in [0, 0.1) is 12.7 Å². The molecule has 136 valence electrons. The quantitative estimate of drug-likeness (QED) is 0.664. The topological polar surface area (TPSA) is 120 Å². The molecule has 3 aromatic rings. The van der Waals surface area contributed by atoms with Crippen LogP contribution in [-0.2, 0) is 21.7 Å². The number of amides is 1. The minimum atomic E-state index is -3.93. The molecule has 2 aromatic heterocycles. The zero-order chi connectivity index (χ0) is 18.9. The van der Waals surface area contributed by atoms with E-state index in [0.29, 0.717) is 5.69 Å². The van der Waals surface area contributed by atoms with E-state index in [4.69, 9.17) is 4.42 Å². The lowest BCUT2D eigenvalue weighted by molar-refractivity contribution is -0.114. The van der Waals surface area contributed by atoms with Crippen molar-refractivity contribution in [2.75, 3.05) is 11.1 Å². The molecule has 0 unspecified atom stereocenters. The van der Waals surface area contributed by atoms with Crippen molar-refractivity contribution in [3.8, 4) is 11.6 Å². The fourth-order valence-corrected chi connectivity index (χ4v) is 3.38. The van der Waals surface area contributed by atoms with Gasteiger partial charge in [-0.1, -0.05) is 5.10 Å². The Kier molecular flexibility index (Phi) is 4.55. The van der Waals surface area contributed by atoms with Crippen molar-refractivity contribution in [2.24, 2.45) is 7.05 Å². The average Bonchev–Trinajstić information content (AvgIpc) is 3.13. The Hall–Kier alpha value is -3.08. The van der Waals surface area contributed by atoms with Crippen LogP contribution < -0.4 is 5.32 Å². The Morgan fingerprint density at radius 2 is 1.96 bits per heavy atom. The molecule has 0 radical (unpaired) electrons. The summed E-state index contributed by atoms with van der Waals surface area (Å²) in [6.07, 6.45) is 0. The van der Waals surface area contributed by atoms with E-state index < -0.39 is 27.3 Å². The molecule has 1 amide bonds. The maximum absolute atomic E-state index is 12.9. The van der Waals surface area contributed by atoms with Gasteiger partial charge in [-0.25, -0.2) is 12.8 Å². The summed E-state index contributed by atoms with van der Waals surface area (Å²) in [7, 11) is -2.23. The number of benzene rings is 1. The molecule has 11 heteroatoms. The van der Waals surface area contributed by atoms with Crippen LogP contribution in [0.4, 0.5) is 10.4 Å². The highest BCUT2D eigenvalue weighted by Crippen LogP contribution is 2.20. The van der Waals surface area contributed by atoms with Gasteiger partial charge < -0.3 is 4.42 Å². The third-order valence-corrected chi connectivity index (χ3v) is 5.02. The number of hydrogen-bond acceptors (Lipinski definition) is 7. The van der Waals surface area contributed by atoms with E-state index in [2.05, 4.69) is 20.6 Å². The second-order valence-electron chi connectivity index (χ2n) is 5.47. The summed E-state index contributed by atoms with van der Waals surface area (Å²) in [5, 5.41) is 13.8. The number of aryl methyl sites for hydroxylation is 2. The highest BCUT2D eigenvalue weighted by molar-refractivity contribution is 7.92. The van der Waals surface area contributed by atoms with Crippen molar-refractivity contribution in [1.82, 2.24) is 20.0 Å². The van der Waals surface area contributed by atoms with Gasteiger partial charge in [0.05, 0.1) is 10.6 Å². The normalized spacial score (nSPS) is 11.5. The number of nitrogens with zero attached hydrogens (tertiary/aromatic N) is 4. The number of aromatic nitrogens is 4. The van der Waals surface area contributed by atoms with Crippen molar-refractivity contribution in [3.05, 3.63) is 41.8 Å². The van der Waals surface area contributed by atoms with E-state index in [1.54, 1.807) is 20.0 Å². The largest absolute Gasteiger partial charge is 0.401 e. The number of rotatable bonds is 5. The molecule has 1 aromatic carbocycles. The lowest BCUT2D eigenvalue weighted by Gasteiger charge is -2.03. The van der Waals surface area contributed by atoms with Gasteiger partial charge in [0.25, 0.3) is 5.89 Å². The first kappa shape index (κ1) is 17.7. The van der Waals surface area contributed by atoms with Gasteiger partial charge in [0.1, 0.15) is 17.3 Å². The monoisotopic (exact) mass is 379 g/mol. The maximum atomic E-state index is 12.9. The van der Waals surface area contributed by atoms with Gasteiger partial charge in [0.15, 0.2) is 9.84 Å². The fraction of sp³-hybridized carbons (Fsp3) is 0.200. The molecular formula is C15H14FN5O4S. The van der Waals surface area contributed by atoms with Crippen LogP contribution in [0.5, 0.6) is 0 Å². The fourth-order valence-electron chi connectivity index (χ4n) is 2.24. The third-order valence-electron chi connectivity index (χ3n) is 3.39. The molecule has 0 spiro atoms. The van der Waals surface area contributed by atoms with E-state index in [0.717, 1.165) is 30.0 Å². The first-order valence-corrected chi connectivity index (χ1v) is 9.02. The molecule has 2 heterocycles. The van der Waals surface area contributed by atoms with Gasteiger partial charge in [0, 0.05) is 7.05 Å². The van der Waals surface area contributed by atoms with E-state index in [1.165, 1.54) is 4.68 Å². The number of sulfone groups is 1. The van der Waals surface area contributed by atoms with Crippen LogP contribution in [0.2, 0.25) is 0 Å². The van der Waals surface area contributed by atoms with Crippen LogP contribution in [0.1, 0.15) is 5.69 Å². The predicted molar refractivity (Wildman–Crippen MR) is 88.3 cm³/mol. The lowest BCUT2D eigenvalue weighted by Crippen LogP contribution is -2.23. The van der Waals surface area contributed by atoms with Crippen LogP contribution in [-0.4, -0.2) is 40.1 Å². The summed E-state index contributed by atoms with van der Waals surface area (Å²) in [4.78, 5) is 11.8. The van der Waals surface area contributed by atoms with Crippen molar-refractivity contribution in [1.29, 1.82) is 0 Å². The summed E-state index contributed by atoms with van der Waals surface area (Å²) in [6.45, 7) is 1.79. The molecule has 1 N–H and O–H groups in total. The van der Waals surface area contributed by atoms with Crippen LogP contribution >= 0.6 is 0 Å². The Morgan fingerprint density at radius 1 is 1.27 bits per heavy atom. The number of carbonyl (C=O) groups is 1. The van der Waals surface area contributed by atoms with E-state index in [9.17, 15) is 17.6 Å². The van der Waals surface area contributed by atoms with Crippen LogP contribution in [0.15, 0.2) is 39.6 Å². The van der Waals surface area contributed by atoms with Gasteiger partial charge in [-0.3, -0.25) is 14.8 Å². The second kappa shape index (κ2) is 6.67. The van der Waals surface area contributed by atoms with E-state index in [1.807, 2.05) is 0 Å². The van der Waals surface area contributed by atoms with Crippen LogP contribution in [0.25, 0.3) is 11.6 Å². The molecule has 0 aliphatic carbocycles. The molecule has 0 saturated heterocycles. The minimum absolute atomic E-state index is 0.129. The Bertz CT molecular complexity index is 1060. The van der Waals surface area contributed by atoms with Gasteiger partial charge in [-0.05, 0) is 37.3 Å². The molecule has 26 heavy (non-hydrogen) atoms.